The van der Waals surface area contributed by atoms with Crippen LogP contribution in [0.25, 0.3) is 0 Å². The van der Waals surface area contributed by atoms with Crippen molar-refractivity contribution < 1.29 is 18.6 Å². The number of methoxy groups -OCH3 is 2. The molecule has 48 heavy (non-hydrogen) atoms. The van der Waals surface area contributed by atoms with Gasteiger partial charge in [-0.3, -0.25) is 4.99 Å². The van der Waals surface area contributed by atoms with E-state index in [1.54, 1.807) is 14.2 Å². The second-order valence-electron chi connectivity index (χ2n) is 13.0. The van der Waals surface area contributed by atoms with E-state index < -0.39 is 8.32 Å². The van der Waals surface area contributed by atoms with Crippen molar-refractivity contribution in [1.82, 2.24) is 0 Å². The highest BCUT2D eigenvalue weighted by molar-refractivity contribution is 9.10. The zero-order chi connectivity index (χ0) is 33.7. The summed E-state index contributed by atoms with van der Waals surface area (Å²) >= 11 is 3.86. The van der Waals surface area contributed by atoms with Crippen molar-refractivity contribution in [3.8, 4) is 23.0 Å². The number of rotatable bonds is 11. The molecule has 0 aliphatic carbocycles. The first-order valence-electron chi connectivity index (χ1n) is 16.3. The molecule has 0 unspecified atom stereocenters. The molecule has 0 aromatic heterocycles. The molecule has 6 rings (SSSR count). The molecule has 1 aliphatic rings. The van der Waals surface area contributed by atoms with Crippen molar-refractivity contribution in [3.05, 3.63) is 142 Å². The lowest BCUT2D eigenvalue weighted by atomic mass is 9.93. The summed E-state index contributed by atoms with van der Waals surface area (Å²) in [5.74, 6) is 2.84. The van der Waals surface area contributed by atoms with Gasteiger partial charge in [-0.1, -0.05) is 118 Å². The number of hydrogen-bond donors (Lipinski definition) is 0. The van der Waals surface area contributed by atoms with Crippen LogP contribution in [0, 0.1) is 0 Å². The number of aliphatic imine (C=N–C) groups is 1. The second-order valence-corrected chi connectivity index (χ2v) is 18.0. The largest absolute Gasteiger partial charge is 0.531 e. The Morgan fingerprint density at radius 2 is 1.33 bits per heavy atom. The summed E-state index contributed by atoms with van der Waals surface area (Å²) in [7, 11) is 0.490. The topological polar surface area (TPSA) is 49.3 Å². The van der Waals surface area contributed by atoms with E-state index in [4.69, 9.17) is 23.6 Å². The molecule has 0 atom stereocenters. The SMILES string of the molecule is COc1cc2c(cc1O[Si](c1ccccc1)(c1ccccc1)C(C)(C)C)C(Cc1ccc(OC)c(OCc3ccccc3)c1Br)=NCC2. The number of benzene rings is 5. The Labute approximate surface area is 293 Å². The molecule has 5 aromatic carbocycles. The van der Waals surface area contributed by atoms with E-state index in [0.29, 0.717) is 31.1 Å². The van der Waals surface area contributed by atoms with Gasteiger partial charge in [0.15, 0.2) is 17.2 Å². The molecular weight excluding hydrogens is 678 g/mol. The zero-order valence-corrected chi connectivity index (χ0v) is 30.8. The van der Waals surface area contributed by atoms with Gasteiger partial charge in [-0.25, -0.2) is 0 Å². The van der Waals surface area contributed by atoms with Gasteiger partial charge in [0.05, 0.1) is 18.7 Å². The highest BCUT2D eigenvalue weighted by atomic mass is 79.9. The predicted octanol–water partition coefficient (Wildman–Crippen LogP) is 8.57. The van der Waals surface area contributed by atoms with Crippen LogP contribution in [-0.2, 0) is 19.4 Å². The van der Waals surface area contributed by atoms with Crippen molar-refractivity contribution in [2.45, 2.75) is 45.3 Å². The Bertz CT molecular complexity index is 1850. The number of fused-ring (bicyclic) bond motifs is 1. The molecule has 0 radical (unpaired) electrons. The van der Waals surface area contributed by atoms with Crippen LogP contribution in [0.2, 0.25) is 5.04 Å². The zero-order valence-electron chi connectivity index (χ0n) is 28.3. The first-order chi connectivity index (χ1) is 23.2. The fraction of sp³-hybridized carbons (Fsp3) is 0.244. The maximum Gasteiger partial charge on any atom is 0.320 e. The summed E-state index contributed by atoms with van der Waals surface area (Å²) in [6.45, 7) is 8.01. The van der Waals surface area contributed by atoms with Gasteiger partial charge in [-0.15, -0.1) is 0 Å². The van der Waals surface area contributed by atoms with E-state index in [1.807, 2.05) is 24.3 Å². The first kappa shape index (κ1) is 33.6. The van der Waals surface area contributed by atoms with E-state index in [9.17, 15) is 0 Å². The molecule has 5 nitrogen and oxygen atoms in total. The standard InChI is InChI=1S/C41H42BrNO4Si/c1-41(2,3)48(32-17-11-7-12-18-32,33-19-13-8-14-20-33)47-38-27-34-30(26-37(38)45-5)23-24-43-35(34)25-31-21-22-36(44-4)40(39(31)42)46-28-29-15-9-6-10-16-29/h6-22,26-27H,23-25,28H2,1-5H3. The van der Waals surface area contributed by atoms with Gasteiger partial charge < -0.3 is 18.6 Å². The molecule has 0 amide bonds. The smallest absolute Gasteiger partial charge is 0.320 e. The monoisotopic (exact) mass is 719 g/mol. The highest BCUT2D eigenvalue weighted by Crippen LogP contribution is 2.43. The van der Waals surface area contributed by atoms with Crippen molar-refractivity contribution in [3.63, 3.8) is 0 Å². The molecule has 7 heteroatoms. The average Bonchev–Trinajstić information content (AvgIpc) is 3.11. The van der Waals surface area contributed by atoms with Gasteiger partial charge in [-0.2, -0.15) is 0 Å². The summed E-state index contributed by atoms with van der Waals surface area (Å²) in [4.78, 5) is 5.07. The van der Waals surface area contributed by atoms with Gasteiger partial charge in [0.25, 0.3) is 0 Å². The molecule has 0 N–H and O–H groups in total. The van der Waals surface area contributed by atoms with Gasteiger partial charge in [-0.05, 0) is 72.7 Å². The second kappa shape index (κ2) is 14.4. The van der Waals surface area contributed by atoms with Crippen LogP contribution in [0.3, 0.4) is 0 Å². The molecule has 0 bridgehead atoms. The first-order valence-corrected chi connectivity index (χ1v) is 19.0. The van der Waals surface area contributed by atoms with E-state index in [-0.39, 0.29) is 5.04 Å². The van der Waals surface area contributed by atoms with E-state index in [2.05, 4.69) is 128 Å². The van der Waals surface area contributed by atoms with Crippen LogP contribution in [-0.4, -0.2) is 34.8 Å². The van der Waals surface area contributed by atoms with Crippen LogP contribution in [0.4, 0.5) is 0 Å². The van der Waals surface area contributed by atoms with Gasteiger partial charge in [0, 0.05) is 24.2 Å². The third-order valence-electron chi connectivity index (χ3n) is 9.01. The number of ether oxygens (including phenoxy) is 3. The van der Waals surface area contributed by atoms with Crippen LogP contribution in [0.1, 0.15) is 43.0 Å². The van der Waals surface area contributed by atoms with Gasteiger partial charge in [0.2, 0.25) is 0 Å². The Kier molecular flexibility index (Phi) is 10.1. The molecular formula is C41H42BrNO4Si. The Hall–Kier alpha value is -4.33. The van der Waals surface area contributed by atoms with Crippen molar-refractivity contribution in [2.24, 2.45) is 4.99 Å². The molecule has 1 aliphatic heterocycles. The Morgan fingerprint density at radius 3 is 1.92 bits per heavy atom. The minimum atomic E-state index is -2.90. The van der Waals surface area contributed by atoms with Crippen molar-refractivity contribution >= 4 is 40.3 Å². The van der Waals surface area contributed by atoms with E-state index in [0.717, 1.165) is 44.8 Å². The van der Waals surface area contributed by atoms with Crippen molar-refractivity contribution in [2.75, 3.05) is 20.8 Å². The number of halogens is 1. The summed E-state index contributed by atoms with van der Waals surface area (Å²) in [5, 5.41) is 2.22. The molecule has 0 saturated carbocycles. The van der Waals surface area contributed by atoms with E-state index in [1.165, 1.54) is 15.9 Å². The number of hydrogen-bond acceptors (Lipinski definition) is 5. The third-order valence-corrected chi connectivity index (χ3v) is 14.8. The van der Waals surface area contributed by atoms with Crippen LogP contribution < -0.4 is 29.0 Å². The van der Waals surface area contributed by atoms with E-state index >= 15 is 0 Å². The summed E-state index contributed by atoms with van der Waals surface area (Å²) in [6.07, 6.45) is 1.45. The third kappa shape index (κ3) is 6.67. The summed E-state index contributed by atoms with van der Waals surface area (Å²) in [6, 6.07) is 39.9. The van der Waals surface area contributed by atoms with Gasteiger partial charge in [0.1, 0.15) is 12.4 Å². The lowest BCUT2D eigenvalue weighted by molar-refractivity contribution is 0.282. The minimum absolute atomic E-state index is 0.197. The molecule has 0 fully saturated rings. The molecule has 0 spiro atoms. The fourth-order valence-electron chi connectivity index (χ4n) is 6.60. The quantitative estimate of drug-likeness (QED) is 0.128. The Balaban J connectivity index is 1.40. The number of nitrogens with zero attached hydrogens (tertiary/aromatic N) is 1. The summed E-state index contributed by atoms with van der Waals surface area (Å²) < 4.78 is 26.4. The summed E-state index contributed by atoms with van der Waals surface area (Å²) in [5.41, 5.74) is 5.45. The van der Waals surface area contributed by atoms with Crippen LogP contribution >= 0.6 is 15.9 Å². The normalized spacial score (nSPS) is 12.9. The fourth-order valence-corrected chi connectivity index (χ4v) is 11.6. The van der Waals surface area contributed by atoms with Crippen molar-refractivity contribution in [1.29, 1.82) is 0 Å². The highest BCUT2D eigenvalue weighted by Gasteiger charge is 2.52. The maximum atomic E-state index is 7.49. The van der Waals surface area contributed by atoms with Crippen LogP contribution in [0.5, 0.6) is 23.0 Å². The average molecular weight is 721 g/mol. The lowest BCUT2D eigenvalue weighted by Gasteiger charge is -2.43. The predicted molar refractivity (Wildman–Crippen MR) is 202 cm³/mol. The molecule has 0 saturated heterocycles. The molecule has 246 valence electrons. The lowest BCUT2D eigenvalue weighted by Crippen LogP contribution is -2.68. The van der Waals surface area contributed by atoms with Crippen LogP contribution in [0.15, 0.2) is 125 Å². The Morgan fingerprint density at radius 1 is 0.729 bits per heavy atom. The maximum absolute atomic E-state index is 7.49. The van der Waals surface area contributed by atoms with Gasteiger partial charge >= 0.3 is 8.32 Å². The molecule has 5 aromatic rings. The molecule has 1 heterocycles. The minimum Gasteiger partial charge on any atom is -0.531 e.